The number of aromatic nitrogens is 2. The Balaban J connectivity index is 2.07. The molecule has 1 aromatic heterocycles. The topological polar surface area (TPSA) is 53.1 Å². The molecule has 0 amide bonds. The van der Waals surface area contributed by atoms with Gasteiger partial charge in [-0.1, -0.05) is 0 Å². The summed E-state index contributed by atoms with van der Waals surface area (Å²) in [5.74, 6) is -0.0864. The highest BCUT2D eigenvalue weighted by atomic mass is 79.9. The molecule has 0 spiro atoms. The van der Waals surface area contributed by atoms with Gasteiger partial charge < -0.3 is 10.5 Å². The molecule has 19 heavy (non-hydrogen) atoms. The minimum Gasteiger partial charge on any atom is -0.485 e. The number of anilines is 1. The molecule has 0 aliphatic rings. The van der Waals surface area contributed by atoms with Gasteiger partial charge in [0.15, 0.2) is 0 Å². The second-order valence-corrected chi connectivity index (χ2v) is 5.33. The summed E-state index contributed by atoms with van der Waals surface area (Å²) in [6.07, 6.45) is 1.88. The van der Waals surface area contributed by atoms with Crippen LogP contribution in [-0.4, -0.2) is 9.78 Å². The van der Waals surface area contributed by atoms with Crippen molar-refractivity contribution in [1.29, 1.82) is 0 Å². The van der Waals surface area contributed by atoms with Gasteiger partial charge in [-0.3, -0.25) is 4.68 Å². The Hall–Kier alpha value is -1.56. The molecular weight excluding hydrogens is 313 g/mol. The van der Waals surface area contributed by atoms with Crippen LogP contribution < -0.4 is 10.5 Å². The lowest BCUT2D eigenvalue weighted by Crippen LogP contribution is -2.04. The normalized spacial score (nSPS) is 11.0. The SMILES string of the molecule is CC(C)n1ccc(COc2cc(F)c(Br)cc2N)n1. The smallest absolute Gasteiger partial charge is 0.145 e. The monoisotopic (exact) mass is 327 g/mol. The van der Waals surface area contributed by atoms with Gasteiger partial charge >= 0.3 is 0 Å². The molecule has 2 N–H and O–H groups in total. The van der Waals surface area contributed by atoms with Crippen molar-refractivity contribution in [3.05, 3.63) is 40.4 Å². The van der Waals surface area contributed by atoms with Crippen molar-refractivity contribution in [2.45, 2.75) is 26.5 Å². The lowest BCUT2D eigenvalue weighted by atomic mass is 10.3. The molecule has 0 bridgehead atoms. The lowest BCUT2D eigenvalue weighted by molar-refractivity contribution is 0.299. The number of benzene rings is 1. The summed E-state index contributed by atoms with van der Waals surface area (Å²) >= 11 is 3.07. The second-order valence-electron chi connectivity index (χ2n) is 4.47. The first-order valence-electron chi connectivity index (χ1n) is 5.88. The molecule has 102 valence electrons. The maximum atomic E-state index is 13.4. The van der Waals surface area contributed by atoms with E-state index in [0.717, 1.165) is 5.69 Å². The average molecular weight is 328 g/mol. The molecule has 0 aliphatic heterocycles. The van der Waals surface area contributed by atoms with Crippen molar-refractivity contribution in [3.63, 3.8) is 0 Å². The maximum Gasteiger partial charge on any atom is 0.145 e. The van der Waals surface area contributed by atoms with Gasteiger partial charge in [0.05, 0.1) is 15.9 Å². The van der Waals surface area contributed by atoms with Crippen molar-refractivity contribution < 1.29 is 9.13 Å². The molecule has 0 atom stereocenters. The van der Waals surface area contributed by atoms with Crippen molar-refractivity contribution in [3.8, 4) is 5.75 Å². The van der Waals surface area contributed by atoms with Crippen LogP contribution >= 0.6 is 15.9 Å². The summed E-state index contributed by atoms with van der Waals surface area (Å²) in [6.45, 7) is 4.34. The van der Waals surface area contributed by atoms with E-state index in [-0.39, 0.29) is 6.61 Å². The van der Waals surface area contributed by atoms with Gasteiger partial charge in [-0.05, 0) is 41.9 Å². The highest BCUT2D eigenvalue weighted by molar-refractivity contribution is 9.10. The molecule has 6 heteroatoms. The molecule has 2 aromatic rings. The number of nitrogens with zero attached hydrogens (tertiary/aromatic N) is 2. The van der Waals surface area contributed by atoms with Crippen LogP contribution in [0.2, 0.25) is 0 Å². The van der Waals surface area contributed by atoms with E-state index in [4.69, 9.17) is 10.5 Å². The third-order valence-corrected chi connectivity index (χ3v) is 3.23. The maximum absolute atomic E-state index is 13.4. The van der Waals surface area contributed by atoms with E-state index >= 15 is 0 Å². The number of hydrogen-bond donors (Lipinski definition) is 1. The van der Waals surface area contributed by atoms with Crippen LogP contribution in [0.4, 0.5) is 10.1 Å². The van der Waals surface area contributed by atoms with E-state index in [0.29, 0.717) is 22.0 Å². The van der Waals surface area contributed by atoms with Gasteiger partial charge in [-0.25, -0.2) is 4.39 Å². The molecule has 0 saturated carbocycles. The van der Waals surface area contributed by atoms with E-state index in [1.165, 1.54) is 12.1 Å². The van der Waals surface area contributed by atoms with Crippen LogP contribution in [-0.2, 0) is 6.61 Å². The van der Waals surface area contributed by atoms with Crippen molar-refractivity contribution in [2.75, 3.05) is 5.73 Å². The summed E-state index contributed by atoms with van der Waals surface area (Å²) in [7, 11) is 0. The van der Waals surface area contributed by atoms with E-state index in [2.05, 4.69) is 21.0 Å². The number of rotatable bonds is 4. The van der Waals surface area contributed by atoms with Gasteiger partial charge in [0, 0.05) is 18.3 Å². The van der Waals surface area contributed by atoms with E-state index in [9.17, 15) is 4.39 Å². The predicted molar refractivity (Wildman–Crippen MR) is 75.5 cm³/mol. The standard InChI is InChI=1S/C13H15BrFN3O/c1-8(2)18-4-3-9(17-18)7-19-13-6-11(15)10(14)5-12(13)16/h3-6,8H,7,16H2,1-2H3. The second kappa shape index (κ2) is 5.61. The molecule has 0 unspecified atom stereocenters. The predicted octanol–water partition coefficient (Wildman–Crippen LogP) is 3.53. The summed E-state index contributed by atoms with van der Waals surface area (Å²) in [5, 5.41) is 4.34. The third-order valence-electron chi connectivity index (χ3n) is 2.62. The average Bonchev–Trinajstić information content (AvgIpc) is 2.81. The molecule has 0 radical (unpaired) electrons. The fraction of sp³-hybridized carbons (Fsp3) is 0.308. The Morgan fingerprint density at radius 3 is 2.84 bits per heavy atom. The van der Waals surface area contributed by atoms with Gasteiger partial charge in [0.2, 0.25) is 0 Å². The Bertz CT molecular complexity index is 583. The molecule has 1 aromatic carbocycles. The minimum absolute atomic E-state index is 0.255. The van der Waals surface area contributed by atoms with Crippen LogP contribution in [0, 0.1) is 5.82 Å². The molecule has 0 saturated heterocycles. The van der Waals surface area contributed by atoms with E-state index in [1.54, 1.807) is 0 Å². The Morgan fingerprint density at radius 1 is 1.47 bits per heavy atom. The van der Waals surface area contributed by atoms with Gasteiger partial charge in [0.1, 0.15) is 18.2 Å². The number of halogens is 2. The minimum atomic E-state index is -0.406. The number of nitrogen functional groups attached to an aromatic ring is 1. The van der Waals surface area contributed by atoms with Crippen molar-refractivity contribution in [1.82, 2.24) is 9.78 Å². The molecule has 1 heterocycles. The molecule has 0 aliphatic carbocycles. The van der Waals surface area contributed by atoms with Crippen LogP contribution in [0.3, 0.4) is 0 Å². The summed E-state index contributed by atoms with van der Waals surface area (Å²) in [4.78, 5) is 0. The quantitative estimate of drug-likeness (QED) is 0.874. The number of ether oxygens (including phenoxy) is 1. The van der Waals surface area contributed by atoms with Gasteiger partial charge in [-0.2, -0.15) is 5.10 Å². The fourth-order valence-electron chi connectivity index (χ4n) is 1.56. The van der Waals surface area contributed by atoms with E-state index in [1.807, 2.05) is 30.8 Å². The third kappa shape index (κ3) is 3.26. The van der Waals surface area contributed by atoms with Crippen molar-refractivity contribution in [2.24, 2.45) is 0 Å². The molecular formula is C13H15BrFN3O. The highest BCUT2D eigenvalue weighted by Gasteiger charge is 2.08. The number of hydrogen-bond acceptors (Lipinski definition) is 3. The van der Waals surface area contributed by atoms with Crippen LogP contribution in [0.15, 0.2) is 28.9 Å². The molecule has 2 rings (SSSR count). The highest BCUT2D eigenvalue weighted by Crippen LogP contribution is 2.28. The first-order chi connectivity index (χ1) is 8.97. The zero-order chi connectivity index (χ0) is 14.0. The van der Waals surface area contributed by atoms with Crippen LogP contribution in [0.5, 0.6) is 5.75 Å². The zero-order valence-electron chi connectivity index (χ0n) is 10.7. The largest absolute Gasteiger partial charge is 0.485 e. The summed E-state index contributed by atoms with van der Waals surface area (Å²) < 4.78 is 21.0. The molecule has 4 nitrogen and oxygen atoms in total. The summed E-state index contributed by atoms with van der Waals surface area (Å²) in [6, 6.07) is 4.91. The van der Waals surface area contributed by atoms with Gasteiger partial charge in [0.25, 0.3) is 0 Å². The lowest BCUT2D eigenvalue weighted by Gasteiger charge is -2.09. The van der Waals surface area contributed by atoms with Crippen LogP contribution in [0.1, 0.15) is 25.6 Å². The zero-order valence-corrected chi connectivity index (χ0v) is 12.3. The summed E-state index contributed by atoms with van der Waals surface area (Å²) in [5.41, 5.74) is 6.92. The first kappa shape index (κ1) is 13.9. The van der Waals surface area contributed by atoms with E-state index < -0.39 is 5.82 Å². The molecule has 0 fully saturated rings. The van der Waals surface area contributed by atoms with Crippen molar-refractivity contribution >= 4 is 21.6 Å². The first-order valence-corrected chi connectivity index (χ1v) is 6.68. The Morgan fingerprint density at radius 2 is 2.21 bits per heavy atom. The van der Waals surface area contributed by atoms with Crippen LogP contribution in [0.25, 0.3) is 0 Å². The number of nitrogens with two attached hydrogens (primary N) is 1. The Kier molecular flexibility index (Phi) is 4.09. The fourth-order valence-corrected chi connectivity index (χ4v) is 1.92. The Labute approximate surface area is 119 Å². The van der Waals surface area contributed by atoms with Gasteiger partial charge in [-0.15, -0.1) is 0 Å².